The number of anilines is 1. The Morgan fingerprint density at radius 3 is 2.65 bits per heavy atom. The van der Waals surface area contributed by atoms with Crippen molar-refractivity contribution in [1.29, 1.82) is 0 Å². The molecule has 0 fully saturated rings. The smallest absolute Gasteiger partial charge is 0.248 e. The van der Waals surface area contributed by atoms with Gasteiger partial charge in [-0.2, -0.15) is 4.98 Å². The first kappa shape index (κ1) is 15.9. The number of rotatable bonds is 3. The molecule has 1 unspecified atom stereocenters. The number of amides is 1. The van der Waals surface area contributed by atoms with E-state index in [4.69, 9.17) is 5.73 Å². The summed E-state index contributed by atoms with van der Waals surface area (Å²) in [4.78, 5) is 20.5. The number of carbonyl (C=O) groups is 1. The molecule has 4 rings (SSSR count). The van der Waals surface area contributed by atoms with E-state index in [2.05, 4.69) is 20.4 Å². The highest BCUT2D eigenvalue weighted by atomic mass is 19.1. The molecule has 8 heteroatoms. The molecule has 7 nitrogen and oxygen atoms in total. The Labute approximate surface area is 148 Å². The van der Waals surface area contributed by atoms with Crippen LogP contribution in [0.1, 0.15) is 18.5 Å². The first-order valence-electron chi connectivity index (χ1n) is 7.95. The van der Waals surface area contributed by atoms with Gasteiger partial charge >= 0.3 is 0 Å². The SMILES string of the molecule is CC1=C(C(N)=O)C(c2ccccc2F)n2nc(-c3ccncc3)nc2N1. The predicted octanol–water partition coefficient (Wildman–Crippen LogP) is 2.25. The number of allylic oxidation sites excluding steroid dienone is 1. The summed E-state index contributed by atoms with van der Waals surface area (Å²) in [6.45, 7) is 1.71. The minimum absolute atomic E-state index is 0.244. The van der Waals surface area contributed by atoms with Crippen LogP contribution in [0.2, 0.25) is 0 Å². The molecule has 0 radical (unpaired) electrons. The molecule has 1 atom stereocenters. The monoisotopic (exact) mass is 350 g/mol. The van der Waals surface area contributed by atoms with Gasteiger partial charge in [-0.3, -0.25) is 9.78 Å². The largest absolute Gasteiger partial charge is 0.366 e. The highest BCUT2D eigenvalue weighted by Gasteiger charge is 2.34. The lowest BCUT2D eigenvalue weighted by atomic mass is 9.95. The van der Waals surface area contributed by atoms with Crippen molar-refractivity contribution in [2.24, 2.45) is 5.73 Å². The fraction of sp³-hybridized carbons (Fsp3) is 0.111. The maximum Gasteiger partial charge on any atom is 0.248 e. The highest BCUT2D eigenvalue weighted by Crippen LogP contribution is 2.36. The number of nitrogens with zero attached hydrogens (tertiary/aromatic N) is 4. The Balaban J connectivity index is 1.92. The second-order valence-corrected chi connectivity index (χ2v) is 5.89. The Morgan fingerprint density at radius 1 is 1.23 bits per heavy atom. The molecule has 0 spiro atoms. The molecule has 0 bridgehead atoms. The van der Waals surface area contributed by atoms with Crippen molar-refractivity contribution >= 4 is 11.9 Å². The van der Waals surface area contributed by atoms with Crippen LogP contribution in [0.3, 0.4) is 0 Å². The Morgan fingerprint density at radius 2 is 1.96 bits per heavy atom. The van der Waals surface area contributed by atoms with E-state index in [0.717, 1.165) is 5.56 Å². The summed E-state index contributed by atoms with van der Waals surface area (Å²) in [5.41, 5.74) is 7.41. The van der Waals surface area contributed by atoms with Crippen LogP contribution in [-0.4, -0.2) is 25.7 Å². The van der Waals surface area contributed by atoms with Crippen molar-refractivity contribution in [3.8, 4) is 11.4 Å². The van der Waals surface area contributed by atoms with Crippen LogP contribution in [0.25, 0.3) is 11.4 Å². The predicted molar refractivity (Wildman–Crippen MR) is 93.3 cm³/mol. The zero-order valence-electron chi connectivity index (χ0n) is 13.8. The summed E-state index contributed by atoms with van der Waals surface area (Å²) in [5.74, 6) is -0.241. The molecule has 0 aliphatic carbocycles. The maximum absolute atomic E-state index is 14.5. The fourth-order valence-electron chi connectivity index (χ4n) is 3.08. The molecule has 3 heterocycles. The number of hydrogen-bond donors (Lipinski definition) is 2. The molecule has 3 N–H and O–H groups in total. The van der Waals surface area contributed by atoms with E-state index in [1.165, 1.54) is 10.7 Å². The number of nitrogens with two attached hydrogens (primary N) is 1. The van der Waals surface area contributed by atoms with E-state index in [1.54, 1.807) is 49.6 Å². The van der Waals surface area contributed by atoms with E-state index in [0.29, 0.717) is 23.0 Å². The number of nitrogens with one attached hydrogen (secondary N) is 1. The third-order valence-corrected chi connectivity index (χ3v) is 4.26. The van der Waals surface area contributed by atoms with Gasteiger partial charge in [0, 0.05) is 29.2 Å². The molecular formula is C18H15FN6O. The van der Waals surface area contributed by atoms with Crippen LogP contribution in [-0.2, 0) is 4.79 Å². The number of aromatic nitrogens is 4. The minimum Gasteiger partial charge on any atom is -0.366 e. The molecule has 0 saturated carbocycles. The van der Waals surface area contributed by atoms with Crippen molar-refractivity contribution in [1.82, 2.24) is 19.7 Å². The van der Waals surface area contributed by atoms with Gasteiger partial charge in [0.05, 0.1) is 5.57 Å². The number of hydrogen-bond acceptors (Lipinski definition) is 5. The van der Waals surface area contributed by atoms with Gasteiger partial charge in [0.2, 0.25) is 11.9 Å². The molecule has 0 saturated heterocycles. The molecular weight excluding hydrogens is 335 g/mol. The summed E-state index contributed by atoms with van der Waals surface area (Å²) in [6, 6.07) is 8.99. The summed E-state index contributed by atoms with van der Waals surface area (Å²) >= 11 is 0. The normalized spacial score (nSPS) is 16.2. The number of primary amides is 1. The lowest BCUT2D eigenvalue weighted by Crippen LogP contribution is -2.32. The zero-order valence-corrected chi connectivity index (χ0v) is 13.8. The average molecular weight is 350 g/mol. The third-order valence-electron chi connectivity index (χ3n) is 4.26. The first-order valence-corrected chi connectivity index (χ1v) is 7.95. The molecule has 1 aliphatic heterocycles. The lowest BCUT2D eigenvalue weighted by molar-refractivity contribution is -0.115. The van der Waals surface area contributed by atoms with Crippen molar-refractivity contribution < 1.29 is 9.18 Å². The number of carbonyl (C=O) groups excluding carboxylic acids is 1. The van der Waals surface area contributed by atoms with Gasteiger partial charge in [-0.25, -0.2) is 9.07 Å². The zero-order chi connectivity index (χ0) is 18.3. The second kappa shape index (κ2) is 6.07. The van der Waals surface area contributed by atoms with Crippen molar-refractivity contribution in [3.63, 3.8) is 0 Å². The number of halogens is 1. The topological polar surface area (TPSA) is 98.7 Å². The molecule has 130 valence electrons. The van der Waals surface area contributed by atoms with Gasteiger partial charge in [0.15, 0.2) is 5.82 Å². The van der Waals surface area contributed by atoms with Crippen LogP contribution in [0, 0.1) is 5.82 Å². The standard InChI is InChI=1S/C18H15FN6O/c1-10-14(16(20)26)15(12-4-2-3-5-13(12)19)25-18(22-10)23-17(24-25)11-6-8-21-9-7-11/h2-9,15H,1H3,(H2,20,26)(H,22,23,24). The van der Waals surface area contributed by atoms with E-state index in [-0.39, 0.29) is 5.57 Å². The van der Waals surface area contributed by atoms with E-state index in [1.807, 2.05) is 0 Å². The highest BCUT2D eigenvalue weighted by molar-refractivity contribution is 5.95. The van der Waals surface area contributed by atoms with Crippen molar-refractivity contribution in [2.75, 3.05) is 5.32 Å². The van der Waals surface area contributed by atoms with E-state index >= 15 is 0 Å². The number of fused-ring (bicyclic) bond motifs is 1. The van der Waals surface area contributed by atoms with Gasteiger partial charge < -0.3 is 11.1 Å². The number of benzene rings is 1. The summed E-state index contributed by atoms with van der Waals surface area (Å²) < 4.78 is 16.0. The molecule has 1 aliphatic rings. The lowest BCUT2D eigenvalue weighted by Gasteiger charge is -2.27. The van der Waals surface area contributed by atoms with E-state index < -0.39 is 17.8 Å². The Hall–Kier alpha value is -3.55. The molecule has 3 aromatic rings. The van der Waals surface area contributed by atoms with Crippen molar-refractivity contribution in [3.05, 3.63) is 71.4 Å². The maximum atomic E-state index is 14.5. The molecule has 2 aromatic heterocycles. The second-order valence-electron chi connectivity index (χ2n) is 5.89. The third kappa shape index (κ3) is 2.52. The van der Waals surface area contributed by atoms with Crippen LogP contribution in [0.15, 0.2) is 60.1 Å². The molecule has 1 aromatic carbocycles. The Bertz CT molecular complexity index is 1030. The van der Waals surface area contributed by atoms with Crippen LogP contribution >= 0.6 is 0 Å². The van der Waals surface area contributed by atoms with Gasteiger partial charge in [0.1, 0.15) is 11.9 Å². The van der Waals surface area contributed by atoms with Gasteiger partial charge in [-0.15, -0.1) is 5.10 Å². The van der Waals surface area contributed by atoms with Crippen LogP contribution < -0.4 is 11.1 Å². The quantitative estimate of drug-likeness (QED) is 0.755. The van der Waals surface area contributed by atoms with Crippen molar-refractivity contribution in [2.45, 2.75) is 13.0 Å². The minimum atomic E-state index is -0.798. The Kier molecular flexibility index (Phi) is 3.72. The van der Waals surface area contributed by atoms with Gasteiger partial charge in [-0.1, -0.05) is 18.2 Å². The molecule has 26 heavy (non-hydrogen) atoms. The van der Waals surface area contributed by atoms with Crippen LogP contribution in [0.4, 0.5) is 10.3 Å². The van der Waals surface area contributed by atoms with E-state index in [9.17, 15) is 9.18 Å². The number of pyridine rings is 1. The fourth-order valence-corrected chi connectivity index (χ4v) is 3.08. The summed E-state index contributed by atoms with van der Waals surface area (Å²) in [6.07, 6.45) is 3.27. The van der Waals surface area contributed by atoms with Gasteiger partial charge in [-0.05, 0) is 25.1 Å². The molecule has 1 amide bonds. The van der Waals surface area contributed by atoms with Gasteiger partial charge in [0.25, 0.3) is 0 Å². The average Bonchev–Trinajstić information content (AvgIpc) is 3.05. The summed E-state index contributed by atoms with van der Waals surface area (Å²) in [5, 5.41) is 7.52. The van der Waals surface area contributed by atoms with Crippen LogP contribution in [0.5, 0.6) is 0 Å². The summed E-state index contributed by atoms with van der Waals surface area (Å²) in [7, 11) is 0. The first-order chi connectivity index (χ1) is 12.6.